The average Bonchev–Trinajstić information content (AvgIpc) is 3.91. The van der Waals surface area contributed by atoms with Gasteiger partial charge in [0.15, 0.2) is 11.5 Å². The molecule has 2 fully saturated rings. The van der Waals surface area contributed by atoms with E-state index >= 15 is 0 Å². The molecule has 1 aromatic carbocycles. The minimum atomic E-state index is -0.795. The van der Waals surface area contributed by atoms with Crippen LogP contribution < -0.4 is 42.7 Å². The summed E-state index contributed by atoms with van der Waals surface area (Å²) in [5, 5.41) is 9.07. The Morgan fingerprint density at radius 2 is 1.87 bits per heavy atom. The Morgan fingerprint density at radius 3 is 2.40 bits per heavy atom. The van der Waals surface area contributed by atoms with Crippen molar-refractivity contribution in [3.05, 3.63) is 59.5 Å². The number of benzene rings is 1. The van der Waals surface area contributed by atoms with Crippen molar-refractivity contribution < 1.29 is 38.2 Å². The van der Waals surface area contributed by atoms with Crippen molar-refractivity contribution in [2.75, 3.05) is 53.5 Å². The van der Waals surface area contributed by atoms with Gasteiger partial charge in [0, 0.05) is 64.0 Å². The number of hydrogen-bond donors (Lipinski definition) is 6. The maximum atomic E-state index is 12.4. The van der Waals surface area contributed by atoms with Gasteiger partial charge in [0.05, 0.1) is 27.3 Å². The van der Waals surface area contributed by atoms with E-state index in [-0.39, 0.29) is 37.4 Å². The number of nitrogens with two attached hydrogens (primary N) is 3. The summed E-state index contributed by atoms with van der Waals surface area (Å²) in [5.41, 5.74) is 14.1. The number of Topliss-reactive ketones (excluding diaryl/α,β-unsaturated/α-hetero) is 1. The first-order chi connectivity index (χ1) is 24.7. The summed E-state index contributed by atoms with van der Waals surface area (Å²) in [7, 11) is 3.03. The number of nitrogens with one attached hydrogen (secondary N) is 3. The summed E-state index contributed by atoms with van der Waals surface area (Å²) >= 11 is 0. The molecule has 2 unspecified atom stereocenters. The number of methoxy groups -OCH3 is 2. The van der Waals surface area contributed by atoms with Gasteiger partial charge in [-0.2, -0.15) is 0 Å². The van der Waals surface area contributed by atoms with Crippen LogP contribution in [-0.2, 0) is 35.3 Å². The van der Waals surface area contributed by atoms with E-state index in [1.165, 1.54) is 24.1 Å². The maximum absolute atomic E-state index is 12.4. The molecule has 2 saturated heterocycles. The number of carbonyl (C=O) groups excluding carboxylic acids is 6. The zero-order valence-corrected chi connectivity index (χ0v) is 30.4. The van der Waals surface area contributed by atoms with Crippen LogP contribution >= 0.6 is 0 Å². The molecule has 0 radical (unpaired) electrons. The second kappa shape index (κ2) is 21.7. The second-order valence-electron chi connectivity index (χ2n) is 12.3. The van der Waals surface area contributed by atoms with Crippen molar-refractivity contribution in [3.8, 4) is 11.5 Å². The van der Waals surface area contributed by atoms with Gasteiger partial charge < -0.3 is 51.7 Å². The highest BCUT2D eigenvalue weighted by atomic mass is 16.5. The largest absolute Gasteiger partial charge is 0.493 e. The fourth-order valence-electron chi connectivity index (χ4n) is 5.43. The first kappa shape index (κ1) is 42.7. The lowest BCUT2D eigenvalue weighted by molar-refractivity contribution is -0.144. The third-order valence-corrected chi connectivity index (χ3v) is 8.31. The van der Waals surface area contributed by atoms with Gasteiger partial charge in [-0.1, -0.05) is 18.7 Å². The van der Waals surface area contributed by atoms with Crippen molar-refractivity contribution in [1.82, 2.24) is 30.8 Å². The Labute approximate surface area is 304 Å². The molecular weight excluding hydrogens is 674 g/mol. The van der Waals surface area contributed by atoms with E-state index in [0.29, 0.717) is 68.7 Å². The van der Waals surface area contributed by atoms with Gasteiger partial charge in [-0.3, -0.25) is 28.8 Å². The summed E-state index contributed by atoms with van der Waals surface area (Å²) in [5.74, 6) is 5.31. The van der Waals surface area contributed by atoms with E-state index in [4.69, 9.17) is 26.8 Å². The third-order valence-electron chi connectivity index (χ3n) is 8.31. The zero-order valence-electron chi connectivity index (χ0n) is 30.4. The van der Waals surface area contributed by atoms with Crippen LogP contribution in [0, 0.1) is 0 Å². The van der Waals surface area contributed by atoms with Crippen molar-refractivity contribution in [3.63, 3.8) is 0 Å². The fraction of sp³-hybridized carbons (Fsp3) is 0.486. The topological polar surface area (TPSA) is 245 Å². The Hall–Kier alpha value is -5.42. The fourth-order valence-corrected chi connectivity index (χ4v) is 5.43. The highest BCUT2D eigenvalue weighted by molar-refractivity contribution is 6.38. The number of rotatable bonds is 14. The first-order valence-corrected chi connectivity index (χ1v) is 16.8. The minimum absolute atomic E-state index is 0.0610. The Kier molecular flexibility index (Phi) is 17.9. The van der Waals surface area contributed by atoms with Crippen molar-refractivity contribution in [2.45, 2.75) is 58.2 Å². The molecule has 9 N–H and O–H groups in total. The summed E-state index contributed by atoms with van der Waals surface area (Å²) in [6, 6.07) is 4.80. The van der Waals surface area contributed by atoms with Gasteiger partial charge in [0.25, 0.3) is 5.91 Å². The number of amides is 5. The molecule has 0 aliphatic carbocycles. The standard InChI is InChI=1S/C18H23N3O6.C12H21N5O.C5H9NO/c1-26-14-6-5-12(8-15(14)27-2)9-20-18(25)17(24)13-4-3-7-21(13)16(23)10-19-11-22;1-9(6-17(15)8-12(14)5-13)11-3-4-16(7-11)10(2)18;1-4-2-3-5(7)6-4/h5-6,8,11,13H,3-4,7,9-10H2,1-2H3,(H,19,22)(H,20,25);3,8H,1,4-7,13-15H2,2H3;4H,2-3H2,1H3,(H,6,7)/b;12-8-;. The van der Waals surface area contributed by atoms with Crippen LogP contribution in [0.15, 0.2) is 53.9 Å². The monoisotopic (exact) mass is 727 g/mol. The van der Waals surface area contributed by atoms with Gasteiger partial charge >= 0.3 is 0 Å². The Bertz CT molecular complexity index is 1510. The molecule has 0 bridgehead atoms. The lowest BCUT2D eigenvalue weighted by Crippen LogP contribution is -2.48. The SMILES string of the molecule is C=C(CN(N)/C=C(\N)CN)C1=CCN(C(C)=O)C1.CC1CCC(=O)N1.COc1ccc(CNC(=O)C(=O)C2CCCN2C(=O)CNC=O)cc1OC. The normalized spacial score (nSPS) is 17.7. The van der Waals surface area contributed by atoms with E-state index in [9.17, 15) is 28.8 Å². The van der Waals surface area contributed by atoms with Crippen LogP contribution in [0.4, 0.5) is 0 Å². The summed E-state index contributed by atoms with van der Waals surface area (Å²) < 4.78 is 10.4. The number of carbonyl (C=O) groups is 6. The van der Waals surface area contributed by atoms with Crippen molar-refractivity contribution in [1.29, 1.82) is 0 Å². The molecule has 5 amide bonds. The number of hydrogen-bond acceptors (Lipinski definition) is 12. The van der Waals surface area contributed by atoms with Crippen LogP contribution in [0.2, 0.25) is 0 Å². The molecule has 3 aliphatic heterocycles. The van der Waals surface area contributed by atoms with Crippen LogP contribution in [0.5, 0.6) is 11.5 Å². The molecule has 3 heterocycles. The summed E-state index contributed by atoms with van der Waals surface area (Å²) in [4.78, 5) is 71.7. The molecule has 1 aromatic rings. The average molecular weight is 728 g/mol. The molecule has 286 valence electrons. The van der Waals surface area contributed by atoms with Crippen LogP contribution in [-0.4, -0.2) is 116 Å². The summed E-state index contributed by atoms with van der Waals surface area (Å²) in [6.45, 7) is 9.83. The van der Waals surface area contributed by atoms with E-state index in [1.807, 2.05) is 13.0 Å². The molecule has 0 spiro atoms. The first-order valence-electron chi connectivity index (χ1n) is 16.8. The lowest BCUT2D eigenvalue weighted by atomic mass is 10.1. The molecule has 3 aliphatic rings. The van der Waals surface area contributed by atoms with Gasteiger partial charge in [0.1, 0.15) is 6.04 Å². The Balaban J connectivity index is 0.000000319. The molecule has 52 heavy (non-hydrogen) atoms. The minimum Gasteiger partial charge on any atom is -0.493 e. The highest BCUT2D eigenvalue weighted by Crippen LogP contribution is 2.27. The second-order valence-corrected chi connectivity index (χ2v) is 12.3. The highest BCUT2D eigenvalue weighted by Gasteiger charge is 2.36. The number of ether oxygens (including phenoxy) is 2. The predicted molar refractivity (Wildman–Crippen MR) is 194 cm³/mol. The van der Waals surface area contributed by atoms with E-state index < -0.39 is 17.7 Å². The molecule has 0 saturated carbocycles. The number of ketones is 1. The molecule has 4 rings (SSSR count). The molecule has 0 aromatic heterocycles. The van der Waals surface area contributed by atoms with Crippen LogP contribution in [0.3, 0.4) is 0 Å². The van der Waals surface area contributed by atoms with E-state index in [0.717, 1.165) is 29.6 Å². The Morgan fingerprint density at radius 1 is 1.15 bits per heavy atom. The summed E-state index contributed by atoms with van der Waals surface area (Å²) in [6.07, 6.45) is 6.79. The molecule has 2 atom stereocenters. The smallest absolute Gasteiger partial charge is 0.289 e. The molecular formula is C35H53N9O8. The quantitative estimate of drug-likeness (QED) is 0.0596. The maximum Gasteiger partial charge on any atom is 0.289 e. The van der Waals surface area contributed by atoms with Crippen molar-refractivity contribution >= 4 is 35.8 Å². The van der Waals surface area contributed by atoms with Crippen LogP contribution in [0.25, 0.3) is 0 Å². The van der Waals surface area contributed by atoms with E-state index in [1.54, 1.807) is 36.2 Å². The lowest BCUT2D eigenvalue weighted by Gasteiger charge is -2.23. The number of nitrogens with zero attached hydrogens (tertiary/aromatic N) is 3. The predicted octanol–water partition coefficient (Wildman–Crippen LogP) is -0.823. The van der Waals surface area contributed by atoms with Gasteiger partial charge in [-0.25, -0.2) is 5.84 Å². The third kappa shape index (κ3) is 13.7. The number of hydrazine groups is 1. The van der Waals surface area contributed by atoms with Crippen LogP contribution in [0.1, 0.15) is 45.1 Å². The van der Waals surface area contributed by atoms with E-state index in [2.05, 4.69) is 22.5 Å². The van der Waals surface area contributed by atoms with Gasteiger partial charge in [-0.05, 0) is 55.0 Å². The zero-order chi connectivity index (χ0) is 38.8. The van der Waals surface area contributed by atoms with Gasteiger partial charge in [-0.15, -0.1) is 0 Å². The molecule has 17 heteroatoms. The van der Waals surface area contributed by atoms with Crippen molar-refractivity contribution in [2.24, 2.45) is 17.3 Å². The molecule has 17 nitrogen and oxygen atoms in total. The van der Waals surface area contributed by atoms with Gasteiger partial charge in [0.2, 0.25) is 29.9 Å². The number of likely N-dealkylation sites (tertiary alicyclic amines) is 1.